The molecule has 11 heteroatoms. The van der Waals surface area contributed by atoms with Crippen LogP contribution in [0.15, 0.2) is 48.5 Å². The molecule has 2 aromatic rings. The Hall–Kier alpha value is -3.57. The molecular formula is C30H42F2N4O5. The number of ether oxygens (including phenoxy) is 1. The Kier molecular flexibility index (Phi) is 12.2. The minimum atomic E-state index is -1.57. The first kappa shape index (κ1) is 33.6. The van der Waals surface area contributed by atoms with Crippen molar-refractivity contribution in [1.29, 1.82) is 0 Å². The number of benzene rings is 2. The van der Waals surface area contributed by atoms with Crippen molar-refractivity contribution < 1.29 is 33.0 Å². The highest BCUT2D eigenvalue weighted by molar-refractivity contribution is 5.82. The molecule has 0 aliphatic heterocycles. The number of carbonyl (C=O) groups excluding carboxylic acids is 3. The van der Waals surface area contributed by atoms with Gasteiger partial charge in [0, 0.05) is 25.6 Å². The summed E-state index contributed by atoms with van der Waals surface area (Å²) in [5, 5.41) is 18.9. The Morgan fingerprint density at radius 2 is 1.59 bits per heavy atom. The van der Waals surface area contributed by atoms with Crippen molar-refractivity contribution in [3.05, 3.63) is 71.3 Å². The fourth-order valence-corrected chi connectivity index (χ4v) is 3.95. The SMILES string of the molecule is CC(C)(CNC(=O)CC(N)Cc1cc(F)ccc1F)CNC(=O)C(O)C(Cc1ccccc1)NC(=O)OC(C)(C)C. The molecule has 3 unspecified atom stereocenters. The fraction of sp³-hybridized carbons (Fsp3) is 0.500. The van der Waals surface area contributed by atoms with E-state index in [1.54, 1.807) is 20.8 Å². The van der Waals surface area contributed by atoms with Crippen LogP contribution in [0.3, 0.4) is 0 Å². The van der Waals surface area contributed by atoms with E-state index in [1.807, 2.05) is 44.2 Å². The third-order valence-corrected chi connectivity index (χ3v) is 6.09. The van der Waals surface area contributed by atoms with Gasteiger partial charge in [-0.3, -0.25) is 9.59 Å². The first-order chi connectivity index (χ1) is 19.0. The van der Waals surface area contributed by atoms with Gasteiger partial charge in [0.1, 0.15) is 17.2 Å². The van der Waals surface area contributed by atoms with Crippen LogP contribution < -0.4 is 21.7 Å². The Balaban J connectivity index is 1.90. The van der Waals surface area contributed by atoms with Crippen molar-refractivity contribution in [3.63, 3.8) is 0 Å². The van der Waals surface area contributed by atoms with Gasteiger partial charge in [0.15, 0.2) is 6.10 Å². The number of halogens is 2. The number of aliphatic hydroxyl groups excluding tert-OH is 1. The maximum absolute atomic E-state index is 13.9. The molecule has 3 atom stereocenters. The second kappa shape index (κ2) is 14.9. The molecule has 2 aromatic carbocycles. The van der Waals surface area contributed by atoms with E-state index in [9.17, 15) is 28.3 Å². The highest BCUT2D eigenvalue weighted by atomic mass is 19.1. The molecule has 226 valence electrons. The van der Waals surface area contributed by atoms with E-state index in [-0.39, 0.29) is 43.8 Å². The van der Waals surface area contributed by atoms with Gasteiger partial charge in [-0.25, -0.2) is 13.6 Å². The molecule has 0 bridgehead atoms. The molecule has 0 saturated heterocycles. The lowest BCUT2D eigenvalue weighted by Gasteiger charge is -2.29. The number of amides is 3. The van der Waals surface area contributed by atoms with Gasteiger partial charge in [0.05, 0.1) is 6.04 Å². The summed E-state index contributed by atoms with van der Waals surface area (Å²) in [5.41, 5.74) is 5.50. The van der Waals surface area contributed by atoms with Crippen LogP contribution in [0.2, 0.25) is 0 Å². The number of hydrogen-bond acceptors (Lipinski definition) is 6. The average molecular weight is 577 g/mol. The van der Waals surface area contributed by atoms with Gasteiger partial charge in [-0.2, -0.15) is 0 Å². The van der Waals surface area contributed by atoms with Gasteiger partial charge >= 0.3 is 6.09 Å². The van der Waals surface area contributed by atoms with Gasteiger partial charge < -0.3 is 31.5 Å². The number of hydrogen-bond donors (Lipinski definition) is 5. The van der Waals surface area contributed by atoms with Crippen LogP contribution in [-0.4, -0.2) is 59.9 Å². The van der Waals surface area contributed by atoms with E-state index in [0.29, 0.717) is 0 Å². The number of rotatable bonds is 13. The Bertz CT molecular complexity index is 1170. The summed E-state index contributed by atoms with van der Waals surface area (Å²) in [6, 6.07) is 10.5. The summed E-state index contributed by atoms with van der Waals surface area (Å²) in [4.78, 5) is 37.7. The number of alkyl carbamates (subject to hydrolysis) is 1. The van der Waals surface area contributed by atoms with Crippen molar-refractivity contribution in [1.82, 2.24) is 16.0 Å². The monoisotopic (exact) mass is 576 g/mol. The minimum Gasteiger partial charge on any atom is -0.444 e. The summed E-state index contributed by atoms with van der Waals surface area (Å²) in [6.45, 7) is 9.02. The highest BCUT2D eigenvalue weighted by Gasteiger charge is 2.31. The first-order valence-electron chi connectivity index (χ1n) is 13.5. The van der Waals surface area contributed by atoms with Crippen molar-refractivity contribution >= 4 is 17.9 Å². The standard InChI is InChI=1S/C30H42F2N4O5/c1-29(2,3)41-28(40)36-24(13-19-9-7-6-8-10-19)26(38)27(39)35-18-30(4,5)17-34-25(37)16-22(33)15-20-14-21(31)11-12-23(20)32/h6-12,14,22,24,26,38H,13,15-18,33H2,1-5H3,(H,34,37)(H,35,39)(H,36,40). The third kappa shape index (κ3) is 12.6. The van der Waals surface area contributed by atoms with Crippen LogP contribution in [0.1, 0.15) is 52.2 Å². The predicted molar refractivity (Wildman–Crippen MR) is 152 cm³/mol. The van der Waals surface area contributed by atoms with Crippen LogP contribution in [-0.2, 0) is 27.2 Å². The molecule has 0 spiro atoms. The molecule has 0 aliphatic carbocycles. The number of carbonyl (C=O) groups is 3. The van der Waals surface area contributed by atoms with Crippen molar-refractivity contribution in [2.24, 2.45) is 11.1 Å². The normalized spacial score (nSPS) is 14.0. The van der Waals surface area contributed by atoms with Crippen LogP contribution in [0.4, 0.5) is 13.6 Å². The molecule has 2 rings (SSSR count). The molecule has 0 aromatic heterocycles. The summed E-state index contributed by atoms with van der Waals surface area (Å²) >= 11 is 0. The van der Waals surface area contributed by atoms with Crippen LogP contribution in [0.5, 0.6) is 0 Å². The fourth-order valence-electron chi connectivity index (χ4n) is 3.95. The number of nitrogens with two attached hydrogens (primary N) is 1. The molecule has 0 saturated carbocycles. The maximum atomic E-state index is 13.9. The molecule has 41 heavy (non-hydrogen) atoms. The zero-order valence-corrected chi connectivity index (χ0v) is 24.3. The van der Waals surface area contributed by atoms with Gasteiger partial charge in [0.2, 0.25) is 5.91 Å². The smallest absolute Gasteiger partial charge is 0.407 e. The van der Waals surface area contributed by atoms with Gasteiger partial charge in [0.25, 0.3) is 5.91 Å². The van der Waals surface area contributed by atoms with Crippen molar-refractivity contribution in [3.8, 4) is 0 Å². The molecule has 0 aliphatic rings. The molecule has 0 radical (unpaired) electrons. The molecular weight excluding hydrogens is 534 g/mol. The lowest BCUT2D eigenvalue weighted by Crippen LogP contribution is -2.54. The Morgan fingerprint density at radius 1 is 0.951 bits per heavy atom. The van der Waals surface area contributed by atoms with Gasteiger partial charge in [-0.05, 0) is 68.4 Å². The number of nitrogens with one attached hydrogen (secondary N) is 3. The van der Waals surface area contributed by atoms with E-state index in [2.05, 4.69) is 16.0 Å². The van der Waals surface area contributed by atoms with E-state index in [1.165, 1.54) is 0 Å². The number of aliphatic hydroxyl groups is 1. The second-order valence-corrected chi connectivity index (χ2v) is 12.0. The molecule has 6 N–H and O–H groups in total. The zero-order valence-electron chi connectivity index (χ0n) is 24.3. The van der Waals surface area contributed by atoms with Crippen LogP contribution >= 0.6 is 0 Å². The lowest BCUT2D eigenvalue weighted by molar-refractivity contribution is -0.131. The summed E-state index contributed by atoms with van der Waals surface area (Å²) in [7, 11) is 0. The van der Waals surface area contributed by atoms with Gasteiger partial charge in [-0.1, -0.05) is 44.2 Å². The van der Waals surface area contributed by atoms with E-state index in [4.69, 9.17) is 10.5 Å². The Labute approximate surface area is 240 Å². The van der Waals surface area contributed by atoms with Crippen molar-refractivity contribution in [2.45, 2.75) is 77.7 Å². The summed E-state index contributed by atoms with van der Waals surface area (Å²) in [5.74, 6) is -2.24. The molecule has 0 heterocycles. The zero-order chi connectivity index (χ0) is 30.8. The second-order valence-electron chi connectivity index (χ2n) is 12.0. The molecule has 9 nitrogen and oxygen atoms in total. The average Bonchev–Trinajstić information content (AvgIpc) is 2.87. The van der Waals surface area contributed by atoms with E-state index >= 15 is 0 Å². The minimum absolute atomic E-state index is 0.00414. The Morgan fingerprint density at radius 3 is 2.22 bits per heavy atom. The van der Waals surface area contributed by atoms with Crippen LogP contribution in [0.25, 0.3) is 0 Å². The predicted octanol–water partition coefficient (Wildman–Crippen LogP) is 2.98. The van der Waals surface area contributed by atoms with Crippen LogP contribution in [0, 0.1) is 17.0 Å². The molecule has 0 fully saturated rings. The topological polar surface area (TPSA) is 143 Å². The quantitative estimate of drug-likeness (QED) is 0.248. The van der Waals surface area contributed by atoms with E-state index < -0.39 is 52.8 Å². The maximum Gasteiger partial charge on any atom is 0.407 e. The van der Waals surface area contributed by atoms with E-state index in [0.717, 1.165) is 23.8 Å². The van der Waals surface area contributed by atoms with Gasteiger partial charge in [-0.15, -0.1) is 0 Å². The third-order valence-electron chi connectivity index (χ3n) is 6.09. The molecule has 3 amide bonds. The largest absolute Gasteiger partial charge is 0.444 e. The lowest BCUT2D eigenvalue weighted by atomic mass is 9.92. The first-order valence-corrected chi connectivity index (χ1v) is 13.5. The highest BCUT2D eigenvalue weighted by Crippen LogP contribution is 2.15. The van der Waals surface area contributed by atoms with Crippen molar-refractivity contribution in [2.75, 3.05) is 13.1 Å². The summed E-state index contributed by atoms with van der Waals surface area (Å²) in [6.07, 6.45) is -2.25. The summed E-state index contributed by atoms with van der Waals surface area (Å²) < 4.78 is 32.6.